The van der Waals surface area contributed by atoms with Gasteiger partial charge in [0.25, 0.3) is 0 Å². The first kappa shape index (κ1) is 22.5. The van der Waals surface area contributed by atoms with Gasteiger partial charge in [0.15, 0.2) is 5.96 Å². The normalized spacial score (nSPS) is 18.1. The third-order valence-electron chi connectivity index (χ3n) is 4.80. The Kier molecular flexibility index (Phi) is 9.05. The topological polar surface area (TPSA) is 40.1 Å². The van der Waals surface area contributed by atoms with Gasteiger partial charge in [0.1, 0.15) is 0 Å². The zero-order chi connectivity index (χ0) is 20.4. The Hall–Kier alpha value is -1.80. The predicted molar refractivity (Wildman–Crippen MR) is 105 cm³/mol. The first-order valence-electron chi connectivity index (χ1n) is 9.77. The number of guanidine groups is 1. The van der Waals surface area contributed by atoms with Gasteiger partial charge in [-0.25, -0.2) is 0 Å². The second-order valence-electron chi connectivity index (χ2n) is 7.06. The molecule has 1 aliphatic heterocycles. The molecule has 0 aromatic heterocycles. The van der Waals surface area contributed by atoms with Gasteiger partial charge in [0.2, 0.25) is 0 Å². The summed E-state index contributed by atoms with van der Waals surface area (Å²) in [5.74, 6) is 1.000. The highest BCUT2D eigenvalue weighted by Gasteiger charge is 2.32. The molecule has 1 atom stereocenters. The van der Waals surface area contributed by atoms with Crippen LogP contribution in [0.25, 0.3) is 0 Å². The number of benzene rings is 1. The Balaban J connectivity index is 1.68. The van der Waals surface area contributed by atoms with Crippen molar-refractivity contribution in [1.29, 1.82) is 0 Å². The molecule has 1 N–H and O–H groups in total. The molecule has 1 heterocycles. The van der Waals surface area contributed by atoms with Gasteiger partial charge in [-0.2, -0.15) is 13.2 Å². The van der Waals surface area contributed by atoms with Crippen molar-refractivity contribution < 1.29 is 17.9 Å². The van der Waals surface area contributed by atoms with Crippen LogP contribution < -0.4 is 5.32 Å². The van der Waals surface area contributed by atoms with Crippen molar-refractivity contribution >= 4 is 5.96 Å². The predicted octanol–water partition coefficient (Wildman–Crippen LogP) is 2.98. The molecule has 158 valence electrons. The molecule has 28 heavy (non-hydrogen) atoms. The third-order valence-corrected chi connectivity index (χ3v) is 4.80. The van der Waals surface area contributed by atoms with Crippen LogP contribution in [-0.4, -0.2) is 74.9 Å². The maximum atomic E-state index is 12.6. The molecular formula is C20H31F3N4O. The highest BCUT2D eigenvalue weighted by molar-refractivity contribution is 5.80. The average molecular weight is 400 g/mol. The summed E-state index contributed by atoms with van der Waals surface area (Å²) in [6, 6.07) is 9.99. The van der Waals surface area contributed by atoms with E-state index in [1.165, 1.54) is 4.90 Å². The van der Waals surface area contributed by atoms with E-state index in [1.807, 2.05) is 30.3 Å². The summed E-state index contributed by atoms with van der Waals surface area (Å²) in [5, 5.41) is 3.28. The lowest BCUT2D eigenvalue weighted by molar-refractivity contribution is -0.146. The highest BCUT2D eigenvalue weighted by atomic mass is 19.4. The van der Waals surface area contributed by atoms with Crippen molar-refractivity contribution in [2.45, 2.75) is 26.1 Å². The second kappa shape index (κ2) is 11.3. The quantitative estimate of drug-likeness (QED) is 0.393. The minimum Gasteiger partial charge on any atom is -0.375 e. The number of ether oxygens (including phenoxy) is 1. The van der Waals surface area contributed by atoms with Gasteiger partial charge < -0.3 is 15.0 Å². The van der Waals surface area contributed by atoms with Gasteiger partial charge in [-0.15, -0.1) is 0 Å². The molecule has 8 heteroatoms. The fourth-order valence-electron chi connectivity index (χ4n) is 3.43. The lowest BCUT2D eigenvalue weighted by Crippen LogP contribution is -2.42. The largest absolute Gasteiger partial charge is 0.401 e. The summed E-state index contributed by atoms with van der Waals surface area (Å²) in [5.41, 5.74) is 1.13. The summed E-state index contributed by atoms with van der Waals surface area (Å²) in [4.78, 5) is 7.89. The number of hydrogen-bond acceptors (Lipinski definition) is 3. The summed E-state index contributed by atoms with van der Waals surface area (Å²) < 4.78 is 43.6. The molecule has 1 aromatic carbocycles. The Labute approximate surface area is 165 Å². The number of aliphatic imine (C=N–C) groups is 1. The molecule has 0 aliphatic carbocycles. The summed E-state index contributed by atoms with van der Waals surface area (Å²) >= 11 is 0. The number of halogens is 3. The zero-order valence-electron chi connectivity index (χ0n) is 16.7. The molecule has 0 radical (unpaired) electrons. The maximum absolute atomic E-state index is 12.6. The SMILES string of the molecule is CCN(CC1CCN(C(=NC)NCCOCc2ccccc2)C1)CC(F)(F)F. The smallest absolute Gasteiger partial charge is 0.375 e. The minimum atomic E-state index is -4.15. The number of hydrogen-bond donors (Lipinski definition) is 1. The monoisotopic (exact) mass is 400 g/mol. The molecule has 1 aliphatic rings. The molecule has 2 rings (SSSR count). The van der Waals surface area contributed by atoms with Gasteiger partial charge in [-0.3, -0.25) is 9.89 Å². The van der Waals surface area contributed by atoms with E-state index in [2.05, 4.69) is 15.2 Å². The minimum absolute atomic E-state index is 0.218. The number of likely N-dealkylation sites (tertiary alicyclic amines) is 1. The van der Waals surface area contributed by atoms with Crippen LogP contribution in [0.15, 0.2) is 35.3 Å². The highest BCUT2D eigenvalue weighted by Crippen LogP contribution is 2.21. The van der Waals surface area contributed by atoms with E-state index in [-0.39, 0.29) is 5.92 Å². The van der Waals surface area contributed by atoms with Crippen LogP contribution in [0.4, 0.5) is 13.2 Å². The number of rotatable bonds is 9. The van der Waals surface area contributed by atoms with Crippen molar-refractivity contribution in [2.75, 3.05) is 52.9 Å². The fraction of sp³-hybridized carbons (Fsp3) is 0.650. The van der Waals surface area contributed by atoms with E-state index in [1.54, 1.807) is 14.0 Å². The summed E-state index contributed by atoms with van der Waals surface area (Å²) in [6.07, 6.45) is -3.27. The van der Waals surface area contributed by atoms with Crippen LogP contribution in [0.2, 0.25) is 0 Å². The second-order valence-corrected chi connectivity index (χ2v) is 7.06. The standard InChI is InChI=1S/C20H31F3N4O/c1-3-26(16-20(21,22)23)13-18-9-11-27(14-18)19(24-2)25-10-12-28-15-17-7-5-4-6-8-17/h4-8,18H,3,9-16H2,1-2H3,(H,24,25). The Bertz CT molecular complexity index is 595. The molecule has 1 unspecified atom stereocenters. The molecule has 0 amide bonds. The molecule has 1 fully saturated rings. The van der Waals surface area contributed by atoms with E-state index in [0.29, 0.717) is 32.8 Å². The lowest BCUT2D eigenvalue weighted by Gasteiger charge is -2.26. The number of nitrogens with one attached hydrogen (secondary N) is 1. The molecule has 1 aromatic rings. The third kappa shape index (κ3) is 8.06. The van der Waals surface area contributed by atoms with Gasteiger partial charge in [0, 0.05) is 33.2 Å². The van der Waals surface area contributed by atoms with Gasteiger partial charge in [0.05, 0.1) is 19.8 Å². The van der Waals surface area contributed by atoms with Crippen LogP contribution in [-0.2, 0) is 11.3 Å². The summed E-state index contributed by atoms with van der Waals surface area (Å²) in [7, 11) is 1.72. The van der Waals surface area contributed by atoms with Crippen LogP contribution >= 0.6 is 0 Å². The van der Waals surface area contributed by atoms with Gasteiger partial charge in [-0.05, 0) is 24.4 Å². The number of alkyl halides is 3. The summed E-state index contributed by atoms with van der Waals surface area (Å²) in [6.45, 7) is 5.08. The van der Waals surface area contributed by atoms with E-state index in [9.17, 15) is 13.2 Å². The lowest BCUT2D eigenvalue weighted by atomic mass is 10.1. The molecule has 5 nitrogen and oxygen atoms in total. The first-order chi connectivity index (χ1) is 13.4. The van der Waals surface area contributed by atoms with Crippen LogP contribution in [0.1, 0.15) is 18.9 Å². The number of nitrogens with zero attached hydrogens (tertiary/aromatic N) is 3. The zero-order valence-corrected chi connectivity index (χ0v) is 16.7. The van der Waals surface area contributed by atoms with Crippen molar-refractivity contribution in [1.82, 2.24) is 15.1 Å². The molecule has 0 saturated carbocycles. The average Bonchev–Trinajstić information content (AvgIpc) is 3.12. The van der Waals surface area contributed by atoms with E-state index < -0.39 is 12.7 Å². The molecule has 0 bridgehead atoms. The van der Waals surface area contributed by atoms with Crippen molar-refractivity contribution in [3.63, 3.8) is 0 Å². The van der Waals surface area contributed by atoms with E-state index in [4.69, 9.17) is 4.74 Å². The van der Waals surface area contributed by atoms with Gasteiger partial charge >= 0.3 is 6.18 Å². The van der Waals surface area contributed by atoms with Crippen molar-refractivity contribution in [3.05, 3.63) is 35.9 Å². The van der Waals surface area contributed by atoms with E-state index >= 15 is 0 Å². The fourth-order valence-corrected chi connectivity index (χ4v) is 3.43. The first-order valence-corrected chi connectivity index (χ1v) is 9.77. The maximum Gasteiger partial charge on any atom is 0.401 e. The van der Waals surface area contributed by atoms with Gasteiger partial charge in [-0.1, -0.05) is 37.3 Å². The molecule has 1 saturated heterocycles. The molecule has 0 spiro atoms. The van der Waals surface area contributed by atoms with Crippen LogP contribution in [0.5, 0.6) is 0 Å². The Morgan fingerprint density at radius 3 is 2.71 bits per heavy atom. The van der Waals surface area contributed by atoms with Crippen LogP contribution in [0.3, 0.4) is 0 Å². The van der Waals surface area contributed by atoms with Crippen molar-refractivity contribution in [3.8, 4) is 0 Å². The van der Waals surface area contributed by atoms with Crippen molar-refractivity contribution in [2.24, 2.45) is 10.9 Å². The van der Waals surface area contributed by atoms with E-state index in [0.717, 1.165) is 31.0 Å². The van der Waals surface area contributed by atoms with Crippen LogP contribution in [0, 0.1) is 5.92 Å². The molecular weight excluding hydrogens is 369 g/mol. The Morgan fingerprint density at radius 2 is 2.07 bits per heavy atom. The Morgan fingerprint density at radius 1 is 1.32 bits per heavy atom.